The number of benzene rings is 7. The van der Waals surface area contributed by atoms with Crippen LogP contribution in [0.4, 0.5) is 0 Å². The summed E-state index contributed by atoms with van der Waals surface area (Å²) in [6.07, 6.45) is 0. The van der Waals surface area contributed by atoms with Gasteiger partial charge in [0.15, 0.2) is 17.5 Å². The van der Waals surface area contributed by atoms with E-state index in [1.54, 1.807) is 0 Å². The second-order valence-electron chi connectivity index (χ2n) is 14.0. The highest BCUT2D eigenvalue weighted by Gasteiger charge is 2.37. The molecule has 0 radical (unpaired) electrons. The Hall–Kier alpha value is -6.65. The number of nitrogens with zero attached hydrogens (tertiary/aromatic N) is 4. The maximum absolute atomic E-state index is 5.20. The Kier molecular flexibility index (Phi) is 6.80. The van der Waals surface area contributed by atoms with Crippen LogP contribution in [0.25, 0.3) is 83.9 Å². The van der Waals surface area contributed by atoms with E-state index in [2.05, 4.69) is 152 Å². The summed E-state index contributed by atoms with van der Waals surface area (Å²) >= 11 is 0. The predicted octanol–water partition coefficient (Wildman–Crippen LogP) is 11.9. The third-order valence-corrected chi connectivity index (χ3v) is 10.6. The molecule has 0 saturated heterocycles. The van der Waals surface area contributed by atoms with Gasteiger partial charge in [-0.1, -0.05) is 153 Å². The Morgan fingerprint density at radius 2 is 0.962 bits per heavy atom. The van der Waals surface area contributed by atoms with Crippen molar-refractivity contribution in [3.8, 4) is 62.1 Å². The Labute approximate surface area is 302 Å². The molecule has 0 amide bonds. The normalized spacial score (nSPS) is 13.0. The number of para-hydroxylation sites is 2. The van der Waals surface area contributed by atoms with Gasteiger partial charge >= 0.3 is 0 Å². The first kappa shape index (κ1) is 30.2. The molecule has 9 aromatic rings. The van der Waals surface area contributed by atoms with E-state index in [0.29, 0.717) is 17.5 Å². The molecule has 0 unspecified atom stereocenters. The molecular weight excluding hydrogens is 633 g/mol. The van der Waals surface area contributed by atoms with Gasteiger partial charge in [0.2, 0.25) is 0 Å². The van der Waals surface area contributed by atoms with Gasteiger partial charge in [0.25, 0.3) is 0 Å². The van der Waals surface area contributed by atoms with Gasteiger partial charge in [-0.15, -0.1) is 0 Å². The van der Waals surface area contributed by atoms with Crippen LogP contribution in [0, 0.1) is 0 Å². The topological polar surface area (TPSA) is 43.6 Å². The molecule has 2 aromatic heterocycles. The lowest BCUT2D eigenvalue weighted by Crippen LogP contribution is -2.14. The Morgan fingerprint density at radius 1 is 0.423 bits per heavy atom. The molecule has 0 fully saturated rings. The van der Waals surface area contributed by atoms with Crippen molar-refractivity contribution in [2.24, 2.45) is 0 Å². The summed E-state index contributed by atoms with van der Waals surface area (Å²) in [6, 6.07) is 60.1. The molecule has 1 aliphatic carbocycles. The third-order valence-electron chi connectivity index (χ3n) is 10.6. The second kappa shape index (κ2) is 11.7. The van der Waals surface area contributed by atoms with Crippen molar-refractivity contribution < 1.29 is 0 Å². The average Bonchev–Trinajstić information content (AvgIpc) is 3.67. The zero-order chi connectivity index (χ0) is 34.8. The number of aromatic nitrogens is 4. The molecule has 0 N–H and O–H groups in total. The van der Waals surface area contributed by atoms with Crippen LogP contribution >= 0.6 is 0 Å². The monoisotopic (exact) mass is 666 g/mol. The van der Waals surface area contributed by atoms with Gasteiger partial charge in [0.05, 0.1) is 11.0 Å². The third kappa shape index (κ3) is 4.65. The van der Waals surface area contributed by atoms with Crippen molar-refractivity contribution in [1.82, 2.24) is 19.5 Å². The van der Waals surface area contributed by atoms with E-state index in [0.717, 1.165) is 39.0 Å². The Bertz CT molecular complexity index is 2740. The zero-order valence-electron chi connectivity index (χ0n) is 29.0. The molecule has 4 heteroatoms. The second-order valence-corrected chi connectivity index (χ2v) is 14.0. The van der Waals surface area contributed by atoms with Crippen LogP contribution in [0.2, 0.25) is 0 Å². The van der Waals surface area contributed by atoms with Crippen molar-refractivity contribution in [2.45, 2.75) is 19.3 Å². The number of rotatable bonds is 5. The van der Waals surface area contributed by atoms with Gasteiger partial charge < -0.3 is 4.57 Å². The molecule has 4 nitrogen and oxygen atoms in total. The van der Waals surface area contributed by atoms with Gasteiger partial charge in [-0.3, -0.25) is 0 Å². The fourth-order valence-electron chi connectivity index (χ4n) is 8.21. The van der Waals surface area contributed by atoms with Crippen molar-refractivity contribution in [3.63, 3.8) is 0 Å². The molecule has 0 atom stereocenters. The minimum atomic E-state index is -0.125. The van der Waals surface area contributed by atoms with Gasteiger partial charge in [-0.25, -0.2) is 15.0 Å². The van der Waals surface area contributed by atoms with Gasteiger partial charge in [-0.05, 0) is 63.7 Å². The quantitative estimate of drug-likeness (QED) is 0.184. The summed E-state index contributed by atoms with van der Waals surface area (Å²) < 4.78 is 2.39. The predicted molar refractivity (Wildman–Crippen MR) is 213 cm³/mol. The van der Waals surface area contributed by atoms with Gasteiger partial charge in [-0.2, -0.15) is 0 Å². The minimum absolute atomic E-state index is 0.125. The smallest absolute Gasteiger partial charge is 0.164 e. The average molecular weight is 667 g/mol. The van der Waals surface area contributed by atoms with Crippen LogP contribution in [0.1, 0.15) is 25.0 Å². The molecule has 52 heavy (non-hydrogen) atoms. The molecule has 0 saturated carbocycles. The summed E-state index contributed by atoms with van der Waals surface area (Å²) in [6.45, 7) is 4.69. The maximum atomic E-state index is 5.20. The first-order chi connectivity index (χ1) is 25.6. The Morgan fingerprint density at radius 3 is 1.65 bits per heavy atom. The van der Waals surface area contributed by atoms with Crippen LogP contribution in [-0.2, 0) is 5.41 Å². The van der Waals surface area contributed by atoms with Crippen molar-refractivity contribution in [1.29, 1.82) is 0 Å². The van der Waals surface area contributed by atoms with Crippen LogP contribution < -0.4 is 0 Å². The van der Waals surface area contributed by atoms with Crippen LogP contribution in [0.15, 0.2) is 170 Å². The van der Waals surface area contributed by atoms with Crippen LogP contribution in [0.3, 0.4) is 0 Å². The molecular formula is C48H34N4. The van der Waals surface area contributed by atoms with E-state index in [1.165, 1.54) is 38.6 Å². The standard InChI is InChI=1S/C48H34N4/c1-48(2)39-26-14-12-23-36(39)43-35(25-16-27-40(43)48)38-29-33(30-42-44(38)37-24-13-15-28-41(37)52(42)34-21-10-5-11-22-34)47-50-45(31-17-6-3-7-18-31)49-46(51-47)32-19-8-4-9-20-32/h3-30H,1-2H3. The highest BCUT2D eigenvalue weighted by Crippen LogP contribution is 2.53. The molecule has 0 spiro atoms. The first-order valence-electron chi connectivity index (χ1n) is 17.8. The SMILES string of the molecule is CC1(C)c2ccccc2-c2c(-c3cc(-c4nc(-c5ccccc5)nc(-c5ccccc5)n4)cc4c3c3ccccc3n4-c3ccccc3)cccc21. The number of hydrogen-bond donors (Lipinski definition) is 0. The van der Waals surface area contributed by atoms with E-state index in [4.69, 9.17) is 15.0 Å². The molecule has 2 heterocycles. The maximum Gasteiger partial charge on any atom is 0.164 e. The Balaban J connectivity index is 1.34. The van der Waals surface area contributed by atoms with Gasteiger partial charge in [0.1, 0.15) is 0 Å². The fraction of sp³-hybridized carbons (Fsp3) is 0.0625. The van der Waals surface area contributed by atoms with Crippen molar-refractivity contribution >= 4 is 21.8 Å². The summed E-state index contributed by atoms with van der Waals surface area (Å²) in [5.74, 6) is 1.92. The lowest BCUT2D eigenvalue weighted by molar-refractivity contribution is 0.660. The molecule has 0 bridgehead atoms. The minimum Gasteiger partial charge on any atom is -0.309 e. The first-order valence-corrected chi connectivity index (χ1v) is 17.8. The van der Waals surface area contributed by atoms with Crippen LogP contribution in [-0.4, -0.2) is 19.5 Å². The van der Waals surface area contributed by atoms with Crippen LogP contribution in [0.5, 0.6) is 0 Å². The highest BCUT2D eigenvalue weighted by atomic mass is 15.0. The van der Waals surface area contributed by atoms with Crippen molar-refractivity contribution in [2.75, 3.05) is 0 Å². The molecule has 10 rings (SSSR count). The lowest BCUT2D eigenvalue weighted by Gasteiger charge is -2.21. The molecule has 246 valence electrons. The molecule has 7 aromatic carbocycles. The van der Waals surface area contributed by atoms with E-state index in [9.17, 15) is 0 Å². The van der Waals surface area contributed by atoms with E-state index in [1.807, 2.05) is 36.4 Å². The molecule has 0 aliphatic heterocycles. The number of hydrogen-bond acceptors (Lipinski definition) is 3. The van der Waals surface area contributed by atoms with Gasteiger partial charge in [0, 0.05) is 38.6 Å². The lowest BCUT2D eigenvalue weighted by atomic mass is 9.82. The van der Waals surface area contributed by atoms with E-state index >= 15 is 0 Å². The summed E-state index contributed by atoms with van der Waals surface area (Å²) in [7, 11) is 0. The van der Waals surface area contributed by atoms with Crippen molar-refractivity contribution in [3.05, 3.63) is 181 Å². The zero-order valence-corrected chi connectivity index (χ0v) is 29.0. The summed E-state index contributed by atoms with van der Waals surface area (Å²) in [4.78, 5) is 15.4. The number of fused-ring (bicyclic) bond motifs is 6. The fourth-order valence-corrected chi connectivity index (χ4v) is 8.21. The molecule has 1 aliphatic rings. The van der Waals surface area contributed by atoms with E-state index in [-0.39, 0.29) is 5.41 Å². The summed E-state index contributed by atoms with van der Waals surface area (Å²) in [5.41, 5.74) is 13.7. The largest absolute Gasteiger partial charge is 0.309 e. The summed E-state index contributed by atoms with van der Waals surface area (Å²) in [5, 5.41) is 2.41. The highest BCUT2D eigenvalue weighted by molar-refractivity contribution is 6.18. The van der Waals surface area contributed by atoms with E-state index < -0.39 is 0 Å².